The van der Waals surface area contributed by atoms with Crippen LogP contribution in [0.15, 0.2) is 15.5 Å². The Morgan fingerprint density at radius 2 is 2.10 bits per heavy atom. The zero-order valence-corrected chi connectivity index (χ0v) is 14.2. The Bertz CT molecular complexity index is 553. The summed E-state index contributed by atoms with van der Waals surface area (Å²) < 4.78 is 2.24. The van der Waals surface area contributed by atoms with Crippen molar-refractivity contribution < 1.29 is 0 Å². The highest BCUT2D eigenvalue weighted by Gasteiger charge is 2.26. The zero-order valence-electron chi connectivity index (χ0n) is 12.6. The van der Waals surface area contributed by atoms with Crippen LogP contribution < -0.4 is 10.9 Å². The molecule has 2 aliphatic rings. The highest BCUT2D eigenvalue weighted by Crippen LogP contribution is 2.32. The Morgan fingerprint density at radius 1 is 1.33 bits per heavy atom. The van der Waals surface area contributed by atoms with Crippen LogP contribution in [0.1, 0.15) is 51.9 Å². The van der Waals surface area contributed by atoms with Gasteiger partial charge in [-0.3, -0.25) is 4.79 Å². The number of hydrogen-bond acceptors (Lipinski definition) is 3. The third kappa shape index (κ3) is 3.50. The van der Waals surface area contributed by atoms with Crippen molar-refractivity contribution in [2.24, 2.45) is 11.8 Å². The number of aromatic nitrogens is 2. The van der Waals surface area contributed by atoms with Crippen LogP contribution in [0.5, 0.6) is 0 Å². The maximum atomic E-state index is 12.4. The molecule has 0 bridgehead atoms. The summed E-state index contributed by atoms with van der Waals surface area (Å²) in [7, 11) is 0. The predicted molar refractivity (Wildman–Crippen MR) is 88.6 cm³/mol. The van der Waals surface area contributed by atoms with Crippen LogP contribution in [0, 0.1) is 11.8 Å². The number of rotatable bonds is 5. The smallest absolute Gasteiger partial charge is 0.283 e. The van der Waals surface area contributed by atoms with Crippen LogP contribution >= 0.6 is 15.9 Å². The first-order chi connectivity index (χ1) is 10.2. The van der Waals surface area contributed by atoms with Gasteiger partial charge in [0.1, 0.15) is 4.47 Å². The fourth-order valence-corrected chi connectivity index (χ4v) is 3.75. The van der Waals surface area contributed by atoms with Crippen molar-refractivity contribution in [2.75, 3.05) is 5.32 Å². The average Bonchev–Trinajstić information content (AvgIpc) is 3.31. The molecular weight excluding hydrogens is 330 g/mol. The van der Waals surface area contributed by atoms with Crippen molar-refractivity contribution >= 4 is 21.6 Å². The first kappa shape index (κ1) is 15.1. The molecule has 3 rings (SSSR count). The molecule has 1 heterocycles. The molecular formula is C16H24BrN3O. The number of hydrogen-bond donors (Lipinski definition) is 1. The molecule has 1 aromatic rings. The minimum Gasteiger partial charge on any atom is -0.380 e. The summed E-state index contributed by atoms with van der Waals surface area (Å²) in [5, 5.41) is 7.91. The highest BCUT2D eigenvalue weighted by molar-refractivity contribution is 9.10. The molecule has 0 spiro atoms. The van der Waals surface area contributed by atoms with E-state index in [0.29, 0.717) is 22.4 Å². The van der Waals surface area contributed by atoms with Gasteiger partial charge in [0, 0.05) is 12.6 Å². The van der Waals surface area contributed by atoms with Gasteiger partial charge in [0.2, 0.25) is 0 Å². The molecule has 4 nitrogen and oxygen atoms in total. The lowest BCUT2D eigenvalue weighted by molar-refractivity contribution is 0.317. The van der Waals surface area contributed by atoms with Crippen molar-refractivity contribution in [3.05, 3.63) is 21.0 Å². The minimum atomic E-state index is -0.00393. The maximum absolute atomic E-state index is 12.4. The van der Waals surface area contributed by atoms with Crippen LogP contribution in [-0.2, 0) is 6.54 Å². The second-order valence-corrected chi connectivity index (χ2v) is 7.30. The van der Waals surface area contributed by atoms with Gasteiger partial charge in [-0.05, 0) is 53.4 Å². The molecule has 2 aliphatic carbocycles. The topological polar surface area (TPSA) is 46.9 Å². The van der Waals surface area contributed by atoms with Gasteiger partial charge in [-0.15, -0.1) is 0 Å². The summed E-state index contributed by atoms with van der Waals surface area (Å²) >= 11 is 3.47. The summed E-state index contributed by atoms with van der Waals surface area (Å²) in [5.74, 6) is 1.36. The average molecular weight is 354 g/mol. The van der Waals surface area contributed by atoms with E-state index in [1.54, 1.807) is 4.68 Å². The number of halogens is 1. The van der Waals surface area contributed by atoms with E-state index < -0.39 is 0 Å². The molecule has 21 heavy (non-hydrogen) atoms. The van der Waals surface area contributed by atoms with Gasteiger partial charge < -0.3 is 5.32 Å². The second-order valence-electron chi connectivity index (χ2n) is 6.51. The lowest BCUT2D eigenvalue weighted by atomic mass is 9.83. The van der Waals surface area contributed by atoms with Gasteiger partial charge in [-0.25, -0.2) is 4.68 Å². The van der Waals surface area contributed by atoms with E-state index in [9.17, 15) is 4.79 Å². The van der Waals surface area contributed by atoms with Crippen molar-refractivity contribution in [3.63, 3.8) is 0 Å². The SMILES string of the molecule is CCC1CCCCC1Nc1cnn(CC2CC2)c(=O)c1Br. The fourth-order valence-electron chi connectivity index (χ4n) is 3.33. The molecule has 116 valence electrons. The van der Waals surface area contributed by atoms with Gasteiger partial charge >= 0.3 is 0 Å². The molecule has 2 atom stereocenters. The van der Waals surface area contributed by atoms with Crippen molar-refractivity contribution in [1.29, 1.82) is 0 Å². The molecule has 0 amide bonds. The Kier molecular flexibility index (Phi) is 4.67. The lowest BCUT2D eigenvalue weighted by Crippen LogP contribution is -2.33. The molecule has 0 saturated heterocycles. The number of nitrogens with one attached hydrogen (secondary N) is 1. The van der Waals surface area contributed by atoms with Gasteiger partial charge in [0.25, 0.3) is 5.56 Å². The molecule has 2 unspecified atom stereocenters. The normalized spacial score (nSPS) is 25.8. The molecule has 0 radical (unpaired) electrons. The standard InChI is InChI=1S/C16H24BrN3O/c1-2-12-5-3-4-6-13(12)19-14-9-18-20(10-11-7-8-11)16(21)15(14)17/h9,11-13,19H,2-8,10H2,1H3. The molecule has 0 aromatic carbocycles. The maximum Gasteiger partial charge on any atom is 0.283 e. The van der Waals surface area contributed by atoms with Crippen LogP contribution in [0.4, 0.5) is 5.69 Å². The van der Waals surface area contributed by atoms with E-state index >= 15 is 0 Å². The largest absolute Gasteiger partial charge is 0.380 e. The van der Waals surface area contributed by atoms with E-state index in [2.05, 4.69) is 33.3 Å². The number of anilines is 1. The van der Waals surface area contributed by atoms with Crippen molar-refractivity contribution in [3.8, 4) is 0 Å². The Morgan fingerprint density at radius 3 is 2.81 bits per heavy atom. The molecule has 0 aliphatic heterocycles. The van der Waals surface area contributed by atoms with Gasteiger partial charge in [-0.1, -0.05) is 26.2 Å². The summed E-state index contributed by atoms with van der Waals surface area (Å²) in [6, 6.07) is 0.473. The zero-order chi connectivity index (χ0) is 14.8. The quantitative estimate of drug-likeness (QED) is 0.875. The molecule has 2 fully saturated rings. The molecule has 2 saturated carbocycles. The van der Waals surface area contributed by atoms with E-state index in [4.69, 9.17) is 0 Å². The van der Waals surface area contributed by atoms with Crippen LogP contribution in [0.25, 0.3) is 0 Å². The van der Waals surface area contributed by atoms with Crippen LogP contribution in [-0.4, -0.2) is 15.8 Å². The Hall–Kier alpha value is -0.840. The number of nitrogens with zero attached hydrogens (tertiary/aromatic N) is 2. The monoisotopic (exact) mass is 353 g/mol. The fraction of sp³-hybridized carbons (Fsp3) is 0.750. The van der Waals surface area contributed by atoms with E-state index in [0.717, 1.165) is 12.2 Å². The third-order valence-corrected chi connectivity index (χ3v) is 5.65. The van der Waals surface area contributed by atoms with E-state index in [1.165, 1.54) is 44.9 Å². The molecule has 5 heteroatoms. The van der Waals surface area contributed by atoms with E-state index in [-0.39, 0.29) is 5.56 Å². The summed E-state index contributed by atoms with van der Waals surface area (Å²) in [6.07, 6.45) is 10.6. The minimum absolute atomic E-state index is 0.00393. The van der Waals surface area contributed by atoms with E-state index in [1.807, 2.05) is 6.20 Å². The van der Waals surface area contributed by atoms with Crippen molar-refractivity contribution in [2.45, 2.75) is 64.5 Å². The lowest BCUT2D eigenvalue weighted by Gasteiger charge is -2.32. The molecule has 1 aromatic heterocycles. The third-order valence-electron chi connectivity index (χ3n) is 4.89. The Balaban J connectivity index is 1.75. The van der Waals surface area contributed by atoms with Gasteiger partial charge in [-0.2, -0.15) is 5.10 Å². The van der Waals surface area contributed by atoms with Crippen molar-refractivity contribution in [1.82, 2.24) is 9.78 Å². The second kappa shape index (κ2) is 6.51. The highest BCUT2D eigenvalue weighted by atomic mass is 79.9. The Labute approximate surface area is 134 Å². The predicted octanol–water partition coefficient (Wildman–Crippen LogP) is 3.80. The summed E-state index contributed by atoms with van der Waals surface area (Å²) in [5.41, 5.74) is 0.855. The molecule has 1 N–H and O–H groups in total. The first-order valence-corrected chi connectivity index (χ1v) is 9.00. The van der Waals surface area contributed by atoms with Crippen LogP contribution in [0.3, 0.4) is 0 Å². The summed E-state index contributed by atoms with van der Waals surface area (Å²) in [6.45, 7) is 3.02. The van der Waals surface area contributed by atoms with Gasteiger partial charge in [0.15, 0.2) is 0 Å². The summed E-state index contributed by atoms with van der Waals surface area (Å²) in [4.78, 5) is 12.4. The van der Waals surface area contributed by atoms with Gasteiger partial charge in [0.05, 0.1) is 11.9 Å². The first-order valence-electron chi connectivity index (χ1n) is 8.21. The van der Waals surface area contributed by atoms with Crippen LogP contribution in [0.2, 0.25) is 0 Å².